The van der Waals surface area contributed by atoms with Gasteiger partial charge in [-0.3, -0.25) is 4.72 Å². The highest BCUT2D eigenvalue weighted by molar-refractivity contribution is 8.01. The molecule has 1 aliphatic rings. The van der Waals surface area contributed by atoms with E-state index in [2.05, 4.69) is 59.0 Å². The molecular formula is C16H21ClN4S. The predicted octanol–water partition coefficient (Wildman–Crippen LogP) is 4.61. The van der Waals surface area contributed by atoms with Gasteiger partial charge in [0.1, 0.15) is 5.82 Å². The molecule has 1 heterocycles. The van der Waals surface area contributed by atoms with Gasteiger partial charge in [-0.15, -0.1) is 0 Å². The smallest absolute Gasteiger partial charge is 0.224 e. The van der Waals surface area contributed by atoms with Gasteiger partial charge in [0, 0.05) is 34.3 Å². The third-order valence-electron chi connectivity index (χ3n) is 2.78. The Balaban J connectivity index is 2.01. The van der Waals surface area contributed by atoms with Gasteiger partial charge < -0.3 is 5.32 Å². The quantitative estimate of drug-likeness (QED) is 0.621. The van der Waals surface area contributed by atoms with Crippen LogP contribution in [-0.4, -0.2) is 15.5 Å². The van der Waals surface area contributed by atoms with Crippen molar-refractivity contribution < 1.29 is 0 Å². The van der Waals surface area contributed by atoms with E-state index in [0.717, 1.165) is 23.5 Å². The summed E-state index contributed by atoms with van der Waals surface area (Å²) in [4.78, 5) is 9.39. The van der Waals surface area contributed by atoms with E-state index in [1.165, 1.54) is 4.91 Å². The second-order valence-corrected chi connectivity index (χ2v) is 7.33. The second-order valence-electron chi connectivity index (χ2n) is 6.11. The molecule has 0 aliphatic heterocycles. The number of rotatable bonds is 4. The van der Waals surface area contributed by atoms with E-state index >= 15 is 0 Å². The van der Waals surface area contributed by atoms with Gasteiger partial charge in [0.05, 0.1) is 0 Å². The Morgan fingerprint density at radius 2 is 2.09 bits per heavy atom. The van der Waals surface area contributed by atoms with Crippen molar-refractivity contribution in [1.29, 1.82) is 0 Å². The lowest BCUT2D eigenvalue weighted by Gasteiger charge is -2.19. The SMILES string of the molecule is Cc1cnc(Cl)nc1NC1=CC=CC(SNC(C)(C)C)=CC1. The number of allylic oxidation sites excluding steroid dienone is 4. The van der Waals surface area contributed by atoms with Crippen LogP contribution in [-0.2, 0) is 0 Å². The molecule has 0 atom stereocenters. The topological polar surface area (TPSA) is 49.8 Å². The molecule has 6 heteroatoms. The largest absolute Gasteiger partial charge is 0.343 e. The van der Waals surface area contributed by atoms with Gasteiger partial charge in [-0.2, -0.15) is 0 Å². The first kappa shape index (κ1) is 17.1. The molecule has 4 nitrogen and oxygen atoms in total. The van der Waals surface area contributed by atoms with Crippen molar-refractivity contribution in [2.75, 3.05) is 5.32 Å². The summed E-state index contributed by atoms with van der Waals surface area (Å²) in [7, 11) is 0. The minimum absolute atomic E-state index is 0.0784. The van der Waals surface area contributed by atoms with Crippen LogP contribution in [0.25, 0.3) is 0 Å². The number of aryl methyl sites for hydroxylation is 1. The molecule has 1 aliphatic carbocycles. The number of hydrogen-bond donors (Lipinski definition) is 2. The highest BCUT2D eigenvalue weighted by Gasteiger charge is 2.10. The first-order chi connectivity index (χ1) is 10.3. The molecule has 0 saturated carbocycles. The number of halogens is 1. The third kappa shape index (κ3) is 5.48. The first-order valence-corrected chi connectivity index (χ1v) is 8.30. The van der Waals surface area contributed by atoms with Gasteiger partial charge in [-0.05, 0) is 63.4 Å². The van der Waals surface area contributed by atoms with Gasteiger partial charge in [0.15, 0.2) is 0 Å². The van der Waals surface area contributed by atoms with Crippen LogP contribution in [0.4, 0.5) is 5.82 Å². The molecule has 0 unspecified atom stereocenters. The molecule has 2 rings (SSSR count). The fourth-order valence-corrected chi connectivity index (χ4v) is 2.56. The van der Waals surface area contributed by atoms with Crippen molar-refractivity contribution in [2.24, 2.45) is 0 Å². The summed E-state index contributed by atoms with van der Waals surface area (Å²) in [5.41, 5.74) is 2.11. The van der Waals surface area contributed by atoms with Gasteiger partial charge in [0.2, 0.25) is 5.28 Å². The first-order valence-electron chi connectivity index (χ1n) is 7.11. The average molecular weight is 337 g/mol. The molecular weight excluding hydrogens is 316 g/mol. The van der Waals surface area contributed by atoms with Gasteiger partial charge >= 0.3 is 0 Å². The lowest BCUT2D eigenvalue weighted by molar-refractivity contribution is 0.536. The molecule has 0 spiro atoms. The summed E-state index contributed by atoms with van der Waals surface area (Å²) in [5.74, 6) is 0.747. The number of aromatic nitrogens is 2. The van der Waals surface area contributed by atoms with Crippen LogP contribution in [0, 0.1) is 6.92 Å². The predicted molar refractivity (Wildman–Crippen MR) is 95.8 cm³/mol. The van der Waals surface area contributed by atoms with Crippen molar-refractivity contribution in [3.63, 3.8) is 0 Å². The van der Waals surface area contributed by atoms with E-state index in [4.69, 9.17) is 11.6 Å². The maximum atomic E-state index is 5.85. The second kappa shape index (κ2) is 7.31. The standard InChI is InChI=1S/C16H21ClN4S/c1-11-10-18-15(17)20-14(11)19-12-6-5-7-13(9-8-12)22-21-16(2,3)4/h5-7,9-10,21H,8H2,1-4H3,(H,18,19,20). The Morgan fingerprint density at radius 3 is 2.82 bits per heavy atom. The van der Waals surface area contributed by atoms with Crippen LogP contribution in [0.1, 0.15) is 32.8 Å². The maximum Gasteiger partial charge on any atom is 0.224 e. The molecule has 0 bridgehead atoms. The van der Waals surface area contributed by atoms with Crippen LogP contribution in [0.3, 0.4) is 0 Å². The molecule has 1 aromatic rings. The van der Waals surface area contributed by atoms with E-state index in [9.17, 15) is 0 Å². The molecule has 0 amide bonds. The molecule has 118 valence electrons. The zero-order valence-corrected chi connectivity index (χ0v) is 14.8. The zero-order chi connectivity index (χ0) is 16.2. The Bertz CT molecular complexity index is 630. The fraction of sp³-hybridized carbons (Fsp3) is 0.375. The number of hydrogen-bond acceptors (Lipinski definition) is 5. The van der Waals surface area contributed by atoms with Crippen LogP contribution in [0.5, 0.6) is 0 Å². The van der Waals surface area contributed by atoms with E-state index in [1.54, 1.807) is 18.1 Å². The highest BCUT2D eigenvalue weighted by atomic mass is 35.5. The number of nitrogens with one attached hydrogen (secondary N) is 2. The molecule has 22 heavy (non-hydrogen) atoms. The molecule has 0 aromatic carbocycles. The summed E-state index contributed by atoms with van der Waals surface area (Å²) < 4.78 is 3.42. The van der Waals surface area contributed by atoms with Crippen LogP contribution >= 0.6 is 23.5 Å². The fourth-order valence-electron chi connectivity index (χ4n) is 1.69. The van der Waals surface area contributed by atoms with E-state index in [0.29, 0.717) is 0 Å². The van der Waals surface area contributed by atoms with Gasteiger partial charge in [-0.25, -0.2) is 9.97 Å². The molecule has 1 aromatic heterocycles. The maximum absolute atomic E-state index is 5.85. The van der Waals surface area contributed by atoms with E-state index < -0.39 is 0 Å². The summed E-state index contributed by atoms with van der Waals surface area (Å²) in [6.07, 6.45) is 10.9. The van der Waals surface area contributed by atoms with Crippen LogP contribution in [0.15, 0.2) is 41.1 Å². The highest BCUT2D eigenvalue weighted by Crippen LogP contribution is 2.23. The Hall–Kier alpha value is -1.30. The summed E-state index contributed by atoms with van der Waals surface area (Å²) in [6, 6.07) is 0. The summed E-state index contributed by atoms with van der Waals surface area (Å²) in [5, 5.41) is 3.57. The number of nitrogens with zero attached hydrogens (tertiary/aromatic N) is 2. The van der Waals surface area contributed by atoms with Crippen LogP contribution < -0.4 is 10.0 Å². The van der Waals surface area contributed by atoms with Crippen molar-refractivity contribution >= 4 is 29.4 Å². The third-order valence-corrected chi connectivity index (χ3v) is 4.21. The lowest BCUT2D eigenvalue weighted by atomic mass is 10.1. The normalized spacial score (nSPS) is 15.1. The summed E-state index contributed by atoms with van der Waals surface area (Å²) >= 11 is 7.50. The molecule has 2 N–H and O–H groups in total. The Kier molecular flexibility index (Phi) is 5.67. The van der Waals surface area contributed by atoms with Crippen molar-refractivity contribution in [1.82, 2.24) is 14.7 Å². The lowest BCUT2D eigenvalue weighted by Crippen LogP contribution is -2.29. The van der Waals surface area contributed by atoms with Crippen molar-refractivity contribution in [3.05, 3.63) is 52.0 Å². The zero-order valence-electron chi connectivity index (χ0n) is 13.3. The summed E-state index contributed by atoms with van der Waals surface area (Å²) in [6.45, 7) is 8.39. The Labute approximate surface area is 141 Å². The van der Waals surface area contributed by atoms with E-state index in [1.807, 2.05) is 13.0 Å². The van der Waals surface area contributed by atoms with E-state index in [-0.39, 0.29) is 10.8 Å². The molecule has 0 radical (unpaired) electrons. The van der Waals surface area contributed by atoms with Crippen LogP contribution in [0.2, 0.25) is 5.28 Å². The minimum atomic E-state index is 0.0784. The Morgan fingerprint density at radius 1 is 1.32 bits per heavy atom. The molecule has 0 fully saturated rings. The van der Waals surface area contributed by atoms with Gasteiger partial charge in [0.25, 0.3) is 0 Å². The van der Waals surface area contributed by atoms with Crippen molar-refractivity contribution in [3.8, 4) is 0 Å². The van der Waals surface area contributed by atoms with Gasteiger partial charge in [-0.1, -0.05) is 12.2 Å². The monoisotopic (exact) mass is 336 g/mol. The minimum Gasteiger partial charge on any atom is -0.343 e. The molecule has 0 saturated heterocycles. The average Bonchev–Trinajstić information content (AvgIpc) is 2.65. The number of anilines is 1. The van der Waals surface area contributed by atoms with Crippen molar-refractivity contribution in [2.45, 2.75) is 39.7 Å².